The third-order valence-electron chi connectivity index (χ3n) is 21.8. The molecule has 0 radical (unpaired) electrons. The van der Waals surface area contributed by atoms with Crippen LogP contribution < -0.4 is 51.9 Å². The molecule has 0 fully saturated rings. The zero-order valence-corrected chi connectivity index (χ0v) is 57.4. The molecule has 20 rings (SSSR count). The highest BCUT2D eigenvalue weighted by Crippen LogP contribution is 2.53. The number of fused-ring (bicyclic) bond motifs is 14. The van der Waals surface area contributed by atoms with E-state index in [9.17, 15) is 5.26 Å². The molecule has 0 unspecified atom stereocenters. The Labute approximate surface area is 593 Å². The van der Waals surface area contributed by atoms with Crippen molar-refractivity contribution < 1.29 is 14.2 Å². The number of para-hydroxylation sites is 4. The third-order valence-corrected chi connectivity index (χ3v) is 21.8. The number of nitriles is 1. The van der Waals surface area contributed by atoms with Crippen LogP contribution in [0.15, 0.2) is 291 Å². The van der Waals surface area contributed by atoms with Crippen molar-refractivity contribution in [1.82, 2.24) is 9.13 Å². The van der Waals surface area contributed by atoms with E-state index in [0.29, 0.717) is 5.56 Å². The Balaban J connectivity index is 0.907. The van der Waals surface area contributed by atoms with Crippen LogP contribution in [0.2, 0.25) is 0 Å². The topological polar surface area (TPSA) is 64.6 Å². The maximum atomic E-state index is 10.4. The fraction of sp³-hybridized carbons (Fsp3) is 0.0860. The molecule has 14 aromatic carbocycles. The molecule has 9 heteroatoms. The summed E-state index contributed by atoms with van der Waals surface area (Å²) in [6, 6.07) is 109. The Morgan fingerprint density at radius 2 is 0.873 bits per heavy atom. The number of anilines is 3. The summed E-state index contributed by atoms with van der Waals surface area (Å²) < 4.78 is 27.5. The Morgan fingerprint density at radius 3 is 1.54 bits per heavy atom. The van der Waals surface area contributed by atoms with E-state index in [1.54, 1.807) is 0 Å². The first-order chi connectivity index (χ1) is 49.8. The van der Waals surface area contributed by atoms with Gasteiger partial charge in [0.25, 0.3) is 13.4 Å². The van der Waals surface area contributed by atoms with E-state index in [2.05, 4.69) is 341 Å². The molecular formula is C93H66B2N4O3. The molecule has 0 atom stereocenters. The van der Waals surface area contributed by atoms with Crippen LogP contribution >= 0.6 is 0 Å². The Hall–Kier alpha value is -12.5. The number of ether oxygens (including phenoxy) is 3. The molecule has 7 nitrogen and oxygen atoms in total. The highest BCUT2D eigenvalue weighted by atomic mass is 16.5. The first-order valence-electron chi connectivity index (χ1n) is 35.3. The number of nitrogens with zero attached hydrogens (tertiary/aromatic N) is 4. The lowest BCUT2D eigenvalue weighted by Crippen LogP contribution is -2.59. The second-order valence-electron chi connectivity index (χ2n) is 29.8. The number of rotatable bonds is 7. The van der Waals surface area contributed by atoms with Crippen LogP contribution in [-0.4, -0.2) is 22.6 Å². The smallest absolute Gasteiger partial charge is 0.260 e. The quantitative estimate of drug-likeness (QED) is 0.149. The normalized spacial score (nSPS) is 13.2. The SMILES string of the molecule is CC(C)(C)c1ccc2c(c1)c1cc(C#N)ccc1n2-c1ccc2c(c1)Oc1cc(-c3cc4c5c(c3-c3ccccc3C(C)(C)C)Oc3ccccc3B5c3ccccc3O4)cc3c1B2c1ccc(-n2c4ccccc4c4ccccc42)cc1N3c1cc(-c2ccccc2)cc(-c2ccccc2)c1. The van der Waals surface area contributed by atoms with Crippen molar-refractivity contribution in [2.24, 2.45) is 0 Å². The first-order valence-corrected chi connectivity index (χ1v) is 35.3. The van der Waals surface area contributed by atoms with Crippen molar-refractivity contribution in [3.05, 3.63) is 308 Å². The van der Waals surface area contributed by atoms with Crippen LogP contribution in [0.1, 0.15) is 58.2 Å². The van der Waals surface area contributed by atoms with Crippen molar-refractivity contribution in [2.75, 3.05) is 4.90 Å². The van der Waals surface area contributed by atoms with Crippen molar-refractivity contribution in [3.8, 4) is 96.4 Å². The molecule has 482 valence electrons. The Morgan fingerprint density at radius 1 is 0.333 bits per heavy atom. The maximum absolute atomic E-state index is 10.4. The second-order valence-corrected chi connectivity index (χ2v) is 29.8. The molecule has 0 amide bonds. The molecule has 6 heterocycles. The molecule has 4 aliphatic heterocycles. The van der Waals surface area contributed by atoms with Crippen molar-refractivity contribution in [2.45, 2.75) is 52.4 Å². The van der Waals surface area contributed by atoms with Crippen LogP contribution in [0.3, 0.4) is 0 Å². The minimum Gasteiger partial charge on any atom is -0.458 e. The van der Waals surface area contributed by atoms with E-state index in [4.69, 9.17) is 14.2 Å². The Kier molecular flexibility index (Phi) is 13.0. The van der Waals surface area contributed by atoms with Gasteiger partial charge < -0.3 is 28.2 Å². The summed E-state index contributed by atoms with van der Waals surface area (Å²) in [5.41, 5.74) is 26.8. The minimum absolute atomic E-state index is 0.0998. The van der Waals surface area contributed by atoms with E-state index in [1.165, 1.54) is 21.9 Å². The molecule has 2 aromatic heterocycles. The minimum atomic E-state index is -0.303. The zero-order valence-electron chi connectivity index (χ0n) is 57.4. The molecule has 0 saturated carbocycles. The van der Waals surface area contributed by atoms with Gasteiger partial charge in [-0.2, -0.15) is 5.26 Å². The van der Waals surface area contributed by atoms with Gasteiger partial charge in [0, 0.05) is 67.1 Å². The Bertz CT molecular complexity index is 6180. The van der Waals surface area contributed by atoms with Gasteiger partial charge in [-0.25, -0.2) is 0 Å². The van der Waals surface area contributed by atoms with E-state index < -0.39 is 0 Å². The molecule has 0 bridgehead atoms. The van der Waals surface area contributed by atoms with Gasteiger partial charge in [-0.1, -0.05) is 217 Å². The molecule has 0 aliphatic carbocycles. The van der Waals surface area contributed by atoms with Gasteiger partial charge in [0.1, 0.15) is 34.5 Å². The fourth-order valence-electron chi connectivity index (χ4n) is 17.1. The molecule has 102 heavy (non-hydrogen) atoms. The molecule has 4 aliphatic rings. The highest BCUT2D eigenvalue weighted by molar-refractivity contribution is 6.99. The highest BCUT2D eigenvalue weighted by Gasteiger charge is 2.46. The summed E-state index contributed by atoms with van der Waals surface area (Å²) in [6.07, 6.45) is 0. The molecule has 0 spiro atoms. The standard InChI is InChI=1S/C93H66B2N4O3/c1-92(2,3)62-38-44-80-71(51-62)70-45-56(55-96)37-43-79(70)98(80)64-40-42-76-85(53-64)101-86-50-61(69-54-87-90-91(88(69)68-29-13-16-30-72(68)93(4,5)6)102-84-36-22-18-32-75(84)95(90)74-31-17-21-35-83(74)100-87)49-82-89(86)94(76)73-41-39-63(97-77-33-19-14-27-66(77)67-28-15-20-34-78(67)97)52-81(73)99(82)65-47-59(57-23-9-7-10-24-57)46-60(48-65)58-25-11-8-12-26-58/h7-54H,1-6H3. The van der Waals surface area contributed by atoms with E-state index >= 15 is 0 Å². The lowest BCUT2D eigenvalue weighted by atomic mass is 9.34. The van der Waals surface area contributed by atoms with Gasteiger partial charge >= 0.3 is 0 Å². The van der Waals surface area contributed by atoms with E-state index in [-0.39, 0.29) is 24.3 Å². The average Bonchev–Trinajstić information content (AvgIpc) is 0.872. The molecule has 16 aromatic rings. The summed E-state index contributed by atoms with van der Waals surface area (Å²) in [5.74, 6) is 4.67. The van der Waals surface area contributed by atoms with Gasteiger partial charge in [-0.15, -0.1) is 0 Å². The average molecular weight is 1310 g/mol. The molecular weight excluding hydrogens is 1240 g/mol. The lowest BCUT2D eigenvalue weighted by molar-refractivity contribution is 0.466. The van der Waals surface area contributed by atoms with Gasteiger partial charge in [0.15, 0.2) is 0 Å². The predicted molar refractivity (Wildman–Crippen MR) is 423 cm³/mol. The predicted octanol–water partition coefficient (Wildman–Crippen LogP) is 20.1. The summed E-state index contributed by atoms with van der Waals surface area (Å²) in [5, 5.41) is 14.9. The third kappa shape index (κ3) is 9.08. The number of hydrogen-bond donors (Lipinski definition) is 0. The monoisotopic (exact) mass is 1310 g/mol. The van der Waals surface area contributed by atoms with Gasteiger partial charge in [-0.3, -0.25) is 0 Å². The van der Waals surface area contributed by atoms with Gasteiger partial charge in [-0.05, 0) is 197 Å². The first kappa shape index (κ1) is 59.5. The molecule has 0 N–H and O–H groups in total. The van der Waals surface area contributed by atoms with E-state index in [0.717, 1.165) is 173 Å². The largest absolute Gasteiger partial charge is 0.458 e. The summed E-state index contributed by atoms with van der Waals surface area (Å²) >= 11 is 0. The van der Waals surface area contributed by atoms with E-state index in [1.807, 2.05) is 12.1 Å². The van der Waals surface area contributed by atoms with Crippen LogP contribution in [0, 0.1) is 11.3 Å². The lowest BCUT2D eigenvalue weighted by Gasteiger charge is -2.41. The van der Waals surface area contributed by atoms with Crippen LogP contribution in [-0.2, 0) is 10.8 Å². The number of hydrogen-bond acceptors (Lipinski definition) is 5. The maximum Gasteiger partial charge on any atom is 0.260 e. The van der Waals surface area contributed by atoms with Crippen LogP contribution in [0.25, 0.3) is 99.5 Å². The molecule has 0 saturated heterocycles. The summed E-state index contributed by atoms with van der Waals surface area (Å²) in [6.45, 7) is 13.2. The van der Waals surface area contributed by atoms with Gasteiger partial charge in [0.05, 0.1) is 33.7 Å². The van der Waals surface area contributed by atoms with Crippen molar-refractivity contribution in [1.29, 1.82) is 5.26 Å². The number of aromatic nitrogens is 2. The summed E-state index contributed by atoms with van der Waals surface area (Å²) in [4.78, 5) is 2.54. The van der Waals surface area contributed by atoms with Crippen LogP contribution in [0.5, 0.6) is 34.5 Å². The van der Waals surface area contributed by atoms with Crippen molar-refractivity contribution in [3.63, 3.8) is 0 Å². The fourth-order valence-corrected chi connectivity index (χ4v) is 17.1. The van der Waals surface area contributed by atoms with Crippen molar-refractivity contribution >= 4 is 107 Å². The van der Waals surface area contributed by atoms with Crippen LogP contribution in [0.4, 0.5) is 17.1 Å². The second kappa shape index (κ2) is 22.3. The van der Waals surface area contributed by atoms with Gasteiger partial charge in [0.2, 0.25) is 0 Å². The number of benzene rings is 14. The zero-order chi connectivity index (χ0) is 68.4. The summed E-state index contributed by atoms with van der Waals surface area (Å²) in [7, 11) is 0.